The van der Waals surface area contributed by atoms with Gasteiger partial charge in [0.05, 0.1) is 27.8 Å². The highest BCUT2D eigenvalue weighted by molar-refractivity contribution is 6.42. The standard InChI is InChI=1S/C18H16Cl2N2O4/c1-10-13(18(24)25)3-5-16(21-10)17(23)22-7-6-12(9-22)26-11-2-4-14(19)15(20)8-11/h2-5,8,12H,6-7,9H2,1H3,(H,24,25). The summed E-state index contributed by atoms with van der Waals surface area (Å²) in [6.07, 6.45) is 0.522. The summed E-state index contributed by atoms with van der Waals surface area (Å²) in [6, 6.07) is 7.87. The predicted octanol–water partition coefficient (Wildman–Crippen LogP) is 3.69. The van der Waals surface area contributed by atoms with E-state index in [9.17, 15) is 9.59 Å². The summed E-state index contributed by atoms with van der Waals surface area (Å²) in [7, 11) is 0. The van der Waals surface area contributed by atoms with Crippen LogP contribution in [-0.2, 0) is 0 Å². The van der Waals surface area contributed by atoms with Gasteiger partial charge in [0, 0.05) is 19.0 Å². The molecule has 1 amide bonds. The van der Waals surface area contributed by atoms with E-state index >= 15 is 0 Å². The third-order valence-electron chi connectivity index (χ3n) is 4.16. The number of nitrogens with zero attached hydrogens (tertiary/aromatic N) is 2. The van der Waals surface area contributed by atoms with E-state index in [0.29, 0.717) is 41.0 Å². The molecule has 1 N–H and O–H groups in total. The van der Waals surface area contributed by atoms with Crippen molar-refractivity contribution in [3.63, 3.8) is 0 Å². The molecule has 26 heavy (non-hydrogen) atoms. The Balaban J connectivity index is 1.66. The van der Waals surface area contributed by atoms with Crippen LogP contribution in [0.1, 0.15) is 33.0 Å². The molecule has 3 rings (SSSR count). The van der Waals surface area contributed by atoms with Crippen LogP contribution in [0.25, 0.3) is 0 Å². The minimum absolute atomic E-state index is 0.0869. The number of carboxylic acid groups (broad SMARTS) is 1. The number of aromatic nitrogens is 1. The van der Waals surface area contributed by atoms with E-state index in [2.05, 4.69) is 4.98 Å². The molecule has 2 heterocycles. The average molecular weight is 395 g/mol. The molecule has 1 saturated heterocycles. The van der Waals surface area contributed by atoms with Gasteiger partial charge in [-0.1, -0.05) is 23.2 Å². The number of pyridine rings is 1. The van der Waals surface area contributed by atoms with Gasteiger partial charge in [-0.2, -0.15) is 0 Å². The van der Waals surface area contributed by atoms with Crippen LogP contribution in [0.3, 0.4) is 0 Å². The minimum Gasteiger partial charge on any atom is -0.488 e. The molecule has 8 heteroatoms. The largest absolute Gasteiger partial charge is 0.488 e. The Morgan fingerprint density at radius 1 is 1.23 bits per heavy atom. The third-order valence-corrected chi connectivity index (χ3v) is 4.90. The monoisotopic (exact) mass is 394 g/mol. The van der Waals surface area contributed by atoms with Crippen LogP contribution in [0.2, 0.25) is 10.0 Å². The number of likely N-dealkylation sites (tertiary alicyclic amines) is 1. The lowest BCUT2D eigenvalue weighted by Crippen LogP contribution is -2.31. The Hall–Kier alpha value is -2.31. The number of carbonyl (C=O) groups excluding carboxylic acids is 1. The van der Waals surface area contributed by atoms with Crippen LogP contribution >= 0.6 is 23.2 Å². The fraction of sp³-hybridized carbons (Fsp3) is 0.278. The van der Waals surface area contributed by atoms with Gasteiger partial charge < -0.3 is 14.7 Å². The molecule has 0 spiro atoms. The number of hydrogen-bond donors (Lipinski definition) is 1. The maximum absolute atomic E-state index is 12.6. The van der Waals surface area contributed by atoms with Crippen molar-refractivity contribution in [1.82, 2.24) is 9.88 Å². The van der Waals surface area contributed by atoms with E-state index in [4.69, 9.17) is 33.0 Å². The van der Waals surface area contributed by atoms with E-state index in [-0.39, 0.29) is 23.3 Å². The van der Waals surface area contributed by atoms with Crippen LogP contribution in [0.5, 0.6) is 5.75 Å². The zero-order chi connectivity index (χ0) is 18.8. The number of aryl methyl sites for hydroxylation is 1. The summed E-state index contributed by atoms with van der Waals surface area (Å²) in [6.45, 7) is 2.52. The highest BCUT2D eigenvalue weighted by Gasteiger charge is 2.29. The number of ether oxygens (including phenoxy) is 1. The Labute approximate surface area is 160 Å². The summed E-state index contributed by atoms with van der Waals surface area (Å²) in [4.78, 5) is 29.4. The van der Waals surface area contributed by atoms with E-state index in [1.807, 2.05) is 0 Å². The third kappa shape index (κ3) is 3.92. The number of hydrogen-bond acceptors (Lipinski definition) is 4. The van der Waals surface area contributed by atoms with E-state index in [0.717, 1.165) is 0 Å². The topological polar surface area (TPSA) is 79.7 Å². The zero-order valence-electron chi connectivity index (χ0n) is 13.9. The van der Waals surface area contributed by atoms with Gasteiger partial charge in [0.2, 0.25) is 0 Å². The smallest absolute Gasteiger partial charge is 0.337 e. The second-order valence-corrected chi connectivity index (χ2v) is 6.80. The molecule has 0 aliphatic carbocycles. The van der Waals surface area contributed by atoms with Gasteiger partial charge >= 0.3 is 5.97 Å². The van der Waals surface area contributed by atoms with Crippen LogP contribution in [0.15, 0.2) is 30.3 Å². The number of halogens is 2. The molecule has 1 aliphatic heterocycles. The van der Waals surface area contributed by atoms with Crippen molar-refractivity contribution in [2.24, 2.45) is 0 Å². The Morgan fingerprint density at radius 3 is 2.65 bits per heavy atom. The van der Waals surface area contributed by atoms with E-state index in [1.165, 1.54) is 12.1 Å². The maximum atomic E-state index is 12.6. The summed E-state index contributed by atoms with van der Waals surface area (Å²) in [5.41, 5.74) is 0.623. The van der Waals surface area contributed by atoms with Crippen molar-refractivity contribution in [2.75, 3.05) is 13.1 Å². The summed E-state index contributed by atoms with van der Waals surface area (Å²) in [5, 5.41) is 9.91. The molecule has 0 radical (unpaired) electrons. The molecule has 136 valence electrons. The van der Waals surface area contributed by atoms with Crippen molar-refractivity contribution in [3.8, 4) is 5.75 Å². The lowest BCUT2D eigenvalue weighted by molar-refractivity contribution is 0.0692. The number of carbonyl (C=O) groups is 2. The fourth-order valence-electron chi connectivity index (χ4n) is 2.82. The lowest BCUT2D eigenvalue weighted by atomic mass is 10.2. The lowest BCUT2D eigenvalue weighted by Gasteiger charge is -2.17. The van der Waals surface area contributed by atoms with Crippen molar-refractivity contribution < 1.29 is 19.4 Å². The van der Waals surface area contributed by atoms with Gasteiger partial charge in [-0.15, -0.1) is 0 Å². The van der Waals surface area contributed by atoms with Gasteiger partial charge in [0.15, 0.2) is 0 Å². The maximum Gasteiger partial charge on any atom is 0.337 e. The molecule has 1 fully saturated rings. The first-order valence-electron chi connectivity index (χ1n) is 7.97. The molecular formula is C18H16Cl2N2O4. The SMILES string of the molecule is Cc1nc(C(=O)N2CCC(Oc3ccc(Cl)c(Cl)c3)C2)ccc1C(=O)O. The average Bonchev–Trinajstić information content (AvgIpc) is 3.05. The number of aromatic carboxylic acids is 1. The van der Waals surface area contributed by atoms with Crippen molar-refractivity contribution in [2.45, 2.75) is 19.4 Å². The molecule has 0 bridgehead atoms. The minimum atomic E-state index is -1.06. The Kier molecular flexibility index (Phi) is 5.34. The van der Waals surface area contributed by atoms with Crippen LogP contribution in [0, 0.1) is 6.92 Å². The van der Waals surface area contributed by atoms with Gasteiger partial charge in [0.1, 0.15) is 17.5 Å². The first-order chi connectivity index (χ1) is 12.3. The van der Waals surface area contributed by atoms with Crippen molar-refractivity contribution >= 4 is 35.1 Å². The molecule has 6 nitrogen and oxygen atoms in total. The molecule has 1 atom stereocenters. The second-order valence-electron chi connectivity index (χ2n) is 5.99. The van der Waals surface area contributed by atoms with E-state index < -0.39 is 5.97 Å². The quantitative estimate of drug-likeness (QED) is 0.854. The first kappa shape index (κ1) is 18.5. The molecule has 1 aromatic carbocycles. The predicted molar refractivity (Wildman–Crippen MR) is 97.3 cm³/mol. The van der Waals surface area contributed by atoms with Gasteiger partial charge in [0.25, 0.3) is 5.91 Å². The number of benzene rings is 1. The summed E-state index contributed by atoms with van der Waals surface area (Å²) < 4.78 is 5.87. The Bertz CT molecular complexity index is 872. The van der Waals surface area contributed by atoms with Gasteiger partial charge in [-0.25, -0.2) is 9.78 Å². The van der Waals surface area contributed by atoms with E-state index in [1.54, 1.807) is 30.0 Å². The highest BCUT2D eigenvalue weighted by atomic mass is 35.5. The number of carboxylic acids is 1. The summed E-state index contributed by atoms with van der Waals surface area (Å²) >= 11 is 11.9. The molecule has 1 aliphatic rings. The molecule has 1 unspecified atom stereocenters. The summed E-state index contributed by atoms with van der Waals surface area (Å²) in [5.74, 6) is -0.714. The van der Waals surface area contributed by atoms with Crippen molar-refractivity contribution in [3.05, 3.63) is 57.3 Å². The molecular weight excluding hydrogens is 379 g/mol. The van der Waals surface area contributed by atoms with Crippen LogP contribution < -0.4 is 4.74 Å². The molecule has 0 saturated carbocycles. The molecule has 2 aromatic rings. The van der Waals surface area contributed by atoms with Gasteiger partial charge in [-0.3, -0.25) is 4.79 Å². The van der Waals surface area contributed by atoms with Gasteiger partial charge in [-0.05, 0) is 31.2 Å². The van der Waals surface area contributed by atoms with Crippen LogP contribution in [-0.4, -0.2) is 46.1 Å². The fourth-order valence-corrected chi connectivity index (χ4v) is 3.11. The highest BCUT2D eigenvalue weighted by Crippen LogP contribution is 2.28. The van der Waals surface area contributed by atoms with Crippen molar-refractivity contribution in [1.29, 1.82) is 0 Å². The number of amides is 1. The zero-order valence-corrected chi connectivity index (χ0v) is 15.4. The second kappa shape index (κ2) is 7.51. The Morgan fingerprint density at radius 2 is 2.00 bits per heavy atom. The first-order valence-corrected chi connectivity index (χ1v) is 8.72. The van der Waals surface area contributed by atoms with Crippen LogP contribution in [0.4, 0.5) is 0 Å². The number of rotatable bonds is 4. The molecule has 1 aromatic heterocycles. The normalized spacial score (nSPS) is 16.6.